The molecule has 1 fully saturated rings. The molecular formula is C11H13NO3. The van der Waals surface area contributed by atoms with Gasteiger partial charge >= 0.3 is 6.09 Å². The third kappa shape index (κ3) is 1.75. The minimum Gasteiger partial charge on any atom is -0.507 e. The van der Waals surface area contributed by atoms with Crippen molar-refractivity contribution in [1.82, 2.24) is 5.32 Å². The molecule has 2 N–H and O–H groups in total. The molecule has 4 nitrogen and oxygen atoms in total. The number of aromatic hydroxyl groups is 1. The fourth-order valence-corrected chi connectivity index (χ4v) is 1.75. The summed E-state index contributed by atoms with van der Waals surface area (Å²) in [6.45, 7) is 4.02. The Morgan fingerprint density at radius 3 is 2.47 bits per heavy atom. The SMILES string of the molecule is Cc1cc(C2COC(=O)N2)cc(C)c1O. The van der Waals surface area contributed by atoms with Gasteiger partial charge in [-0.3, -0.25) is 0 Å². The van der Waals surface area contributed by atoms with Gasteiger partial charge in [0.15, 0.2) is 0 Å². The molecule has 1 aliphatic heterocycles. The first-order chi connectivity index (χ1) is 7.08. The van der Waals surface area contributed by atoms with Crippen LogP contribution in [-0.4, -0.2) is 17.8 Å². The largest absolute Gasteiger partial charge is 0.507 e. The van der Waals surface area contributed by atoms with Gasteiger partial charge in [-0.05, 0) is 30.5 Å². The van der Waals surface area contributed by atoms with E-state index in [4.69, 9.17) is 4.74 Å². The van der Waals surface area contributed by atoms with Crippen molar-refractivity contribution in [2.75, 3.05) is 6.61 Å². The summed E-state index contributed by atoms with van der Waals surface area (Å²) in [6, 6.07) is 3.62. The molecule has 15 heavy (non-hydrogen) atoms. The molecule has 1 atom stereocenters. The van der Waals surface area contributed by atoms with Crippen LogP contribution in [-0.2, 0) is 4.74 Å². The molecule has 80 valence electrons. The third-order valence-electron chi connectivity index (χ3n) is 2.59. The molecule has 2 rings (SSSR count). The van der Waals surface area contributed by atoms with Crippen LogP contribution in [0.5, 0.6) is 5.75 Å². The molecule has 1 saturated heterocycles. The lowest BCUT2D eigenvalue weighted by atomic mass is 10.0. The normalized spacial score (nSPS) is 19.9. The number of carbonyl (C=O) groups is 1. The minimum absolute atomic E-state index is 0.101. The maximum atomic E-state index is 10.9. The lowest BCUT2D eigenvalue weighted by Gasteiger charge is -2.11. The van der Waals surface area contributed by atoms with Crippen LogP contribution in [0.3, 0.4) is 0 Å². The zero-order valence-electron chi connectivity index (χ0n) is 8.70. The van der Waals surface area contributed by atoms with Gasteiger partial charge in [-0.25, -0.2) is 4.79 Å². The van der Waals surface area contributed by atoms with Gasteiger partial charge in [0.05, 0.1) is 6.04 Å². The average molecular weight is 207 g/mol. The second kappa shape index (κ2) is 3.46. The van der Waals surface area contributed by atoms with Gasteiger partial charge in [-0.15, -0.1) is 0 Å². The summed E-state index contributed by atoms with van der Waals surface area (Å²) in [5.41, 5.74) is 2.59. The van der Waals surface area contributed by atoms with Crippen LogP contribution in [0, 0.1) is 13.8 Å². The highest BCUT2D eigenvalue weighted by Gasteiger charge is 2.24. The molecule has 0 aromatic heterocycles. The highest BCUT2D eigenvalue weighted by Crippen LogP contribution is 2.27. The number of aryl methyl sites for hydroxylation is 2. The molecule has 0 saturated carbocycles. The number of phenolic OH excluding ortho intramolecular Hbond substituents is 1. The van der Waals surface area contributed by atoms with Gasteiger partial charge in [0.2, 0.25) is 0 Å². The monoisotopic (exact) mass is 207 g/mol. The van der Waals surface area contributed by atoms with E-state index >= 15 is 0 Å². The van der Waals surface area contributed by atoms with Crippen LogP contribution in [0.1, 0.15) is 22.7 Å². The zero-order valence-corrected chi connectivity index (χ0v) is 8.70. The molecule has 0 aliphatic carbocycles. The number of ether oxygens (including phenoxy) is 1. The van der Waals surface area contributed by atoms with Crippen molar-refractivity contribution in [2.24, 2.45) is 0 Å². The molecule has 0 spiro atoms. The summed E-state index contributed by atoms with van der Waals surface area (Å²) >= 11 is 0. The van der Waals surface area contributed by atoms with E-state index in [0.717, 1.165) is 16.7 Å². The quantitative estimate of drug-likeness (QED) is 0.738. The third-order valence-corrected chi connectivity index (χ3v) is 2.59. The van der Waals surface area contributed by atoms with E-state index in [2.05, 4.69) is 5.32 Å². The van der Waals surface area contributed by atoms with Crippen molar-refractivity contribution in [1.29, 1.82) is 0 Å². The summed E-state index contributed by atoms with van der Waals surface area (Å²) < 4.78 is 4.82. The zero-order chi connectivity index (χ0) is 11.0. The van der Waals surface area contributed by atoms with Crippen molar-refractivity contribution >= 4 is 6.09 Å². The van der Waals surface area contributed by atoms with Gasteiger partial charge in [-0.1, -0.05) is 12.1 Å². The van der Waals surface area contributed by atoms with Gasteiger partial charge < -0.3 is 15.2 Å². The lowest BCUT2D eigenvalue weighted by Crippen LogP contribution is -2.18. The predicted octanol–water partition coefficient (Wildman–Crippen LogP) is 1.79. The summed E-state index contributed by atoms with van der Waals surface area (Å²) in [4.78, 5) is 10.9. The van der Waals surface area contributed by atoms with Crippen molar-refractivity contribution in [2.45, 2.75) is 19.9 Å². The maximum Gasteiger partial charge on any atom is 0.407 e. The number of carbonyl (C=O) groups excluding carboxylic acids is 1. The number of cyclic esters (lactones) is 1. The first kappa shape index (κ1) is 9.83. The smallest absolute Gasteiger partial charge is 0.407 e. The number of phenols is 1. The number of benzene rings is 1. The Bertz CT molecular complexity index is 391. The van der Waals surface area contributed by atoms with E-state index in [1.165, 1.54) is 0 Å². The van der Waals surface area contributed by atoms with Crippen LogP contribution in [0.15, 0.2) is 12.1 Å². The summed E-state index contributed by atoms with van der Waals surface area (Å²) in [5, 5.41) is 12.3. The van der Waals surface area contributed by atoms with Crippen LogP contribution < -0.4 is 5.32 Å². The van der Waals surface area contributed by atoms with Gasteiger partial charge in [0, 0.05) is 0 Å². The fraction of sp³-hybridized carbons (Fsp3) is 0.364. The number of alkyl carbamates (subject to hydrolysis) is 1. The topological polar surface area (TPSA) is 58.6 Å². The predicted molar refractivity (Wildman–Crippen MR) is 54.8 cm³/mol. The van der Waals surface area contributed by atoms with E-state index in [1.807, 2.05) is 26.0 Å². The first-order valence-electron chi connectivity index (χ1n) is 4.81. The van der Waals surface area contributed by atoms with Crippen molar-refractivity contribution < 1.29 is 14.6 Å². The van der Waals surface area contributed by atoms with Crippen LogP contribution in [0.4, 0.5) is 4.79 Å². The molecular weight excluding hydrogens is 194 g/mol. The number of amides is 1. The Hall–Kier alpha value is -1.71. The van der Waals surface area contributed by atoms with Crippen molar-refractivity contribution in [3.63, 3.8) is 0 Å². The van der Waals surface area contributed by atoms with Gasteiger partial charge in [-0.2, -0.15) is 0 Å². The summed E-state index contributed by atoms with van der Waals surface area (Å²) in [6.07, 6.45) is -0.386. The molecule has 1 unspecified atom stereocenters. The molecule has 1 heterocycles. The van der Waals surface area contributed by atoms with Crippen LogP contribution >= 0.6 is 0 Å². The Morgan fingerprint density at radius 2 is 2.00 bits per heavy atom. The van der Waals surface area contributed by atoms with Crippen LogP contribution in [0.25, 0.3) is 0 Å². The highest BCUT2D eigenvalue weighted by atomic mass is 16.6. The second-order valence-electron chi connectivity index (χ2n) is 3.80. The molecule has 0 radical (unpaired) electrons. The number of nitrogens with one attached hydrogen (secondary N) is 1. The van der Waals surface area contributed by atoms with E-state index in [9.17, 15) is 9.90 Å². The maximum absolute atomic E-state index is 10.9. The number of rotatable bonds is 1. The van der Waals surface area contributed by atoms with Gasteiger partial charge in [0.25, 0.3) is 0 Å². The van der Waals surface area contributed by atoms with E-state index in [-0.39, 0.29) is 12.1 Å². The second-order valence-corrected chi connectivity index (χ2v) is 3.80. The van der Waals surface area contributed by atoms with Crippen LogP contribution in [0.2, 0.25) is 0 Å². The van der Waals surface area contributed by atoms with Crippen molar-refractivity contribution in [3.05, 3.63) is 28.8 Å². The number of hydrogen-bond donors (Lipinski definition) is 2. The molecule has 1 amide bonds. The molecule has 1 aromatic rings. The van der Waals surface area contributed by atoms with E-state index < -0.39 is 0 Å². The Labute approximate surface area is 87.9 Å². The van der Waals surface area contributed by atoms with Crippen molar-refractivity contribution in [3.8, 4) is 5.75 Å². The van der Waals surface area contributed by atoms with E-state index in [1.54, 1.807) is 0 Å². The molecule has 4 heteroatoms. The Kier molecular flexibility index (Phi) is 2.26. The average Bonchev–Trinajstić information content (AvgIpc) is 2.60. The molecule has 1 aromatic carbocycles. The lowest BCUT2D eigenvalue weighted by molar-refractivity contribution is 0.177. The minimum atomic E-state index is -0.386. The molecule has 1 aliphatic rings. The Balaban J connectivity index is 2.33. The number of hydrogen-bond acceptors (Lipinski definition) is 3. The van der Waals surface area contributed by atoms with E-state index in [0.29, 0.717) is 12.4 Å². The first-order valence-corrected chi connectivity index (χ1v) is 4.81. The Morgan fingerprint density at radius 1 is 1.40 bits per heavy atom. The fourth-order valence-electron chi connectivity index (χ4n) is 1.75. The standard InChI is InChI=1S/C11H13NO3/c1-6-3-8(4-7(2)10(6)13)9-5-15-11(14)12-9/h3-4,9,13H,5H2,1-2H3,(H,12,14). The summed E-state index contributed by atoms with van der Waals surface area (Å²) in [5.74, 6) is 0.309. The summed E-state index contributed by atoms with van der Waals surface area (Å²) in [7, 11) is 0. The highest BCUT2D eigenvalue weighted by molar-refractivity contribution is 5.70. The molecule has 0 bridgehead atoms. The van der Waals surface area contributed by atoms with Gasteiger partial charge in [0.1, 0.15) is 12.4 Å².